The van der Waals surface area contributed by atoms with Crippen molar-refractivity contribution in [2.75, 3.05) is 46.1 Å². The van der Waals surface area contributed by atoms with Crippen LogP contribution in [0.25, 0.3) is 0 Å². The Morgan fingerprint density at radius 1 is 1.09 bits per heavy atom. The van der Waals surface area contributed by atoms with E-state index in [4.69, 9.17) is 9.47 Å². The Balaban J connectivity index is 1.35. The molecular formula is C17H27N3O3. The standard InChI is InChI=1S/C17H27N3O3/c21-17-7-15-10-19(8-13-11-22-4-5-23-12-13)9-14(15)6-16(17)20-3-1-2-18-20/h1-3,13-17,21H,4-12H2/t14-,15+,16-,17-/m1/s1. The monoisotopic (exact) mass is 321 g/mol. The summed E-state index contributed by atoms with van der Waals surface area (Å²) in [4.78, 5) is 2.55. The molecule has 1 aliphatic carbocycles. The van der Waals surface area contributed by atoms with Gasteiger partial charge in [0.2, 0.25) is 0 Å². The fourth-order valence-corrected chi connectivity index (χ4v) is 4.55. The van der Waals surface area contributed by atoms with Gasteiger partial charge in [-0.15, -0.1) is 0 Å². The maximum absolute atomic E-state index is 10.5. The molecule has 3 fully saturated rings. The molecule has 1 aromatic heterocycles. The number of hydrogen-bond acceptors (Lipinski definition) is 5. The lowest BCUT2D eigenvalue weighted by atomic mass is 9.77. The van der Waals surface area contributed by atoms with Gasteiger partial charge >= 0.3 is 0 Å². The van der Waals surface area contributed by atoms with Gasteiger partial charge in [0.25, 0.3) is 0 Å². The third-order valence-corrected chi connectivity index (χ3v) is 5.64. The largest absolute Gasteiger partial charge is 0.391 e. The average Bonchev–Trinajstić information content (AvgIpc) is 3.11. The molecule has 128 valence electrons. The van der Waals surface area contributed by atoms with Gasteiger partial charge in [-0.1, -0.05) is 0 Å². The van der Waals surface area contributed by atoms with Gasteiger partial charge in [0, 0.05) is 37.9 Å². The highest BCUT2D eigenvalue weighted by atomic mass is 16.5. The van der Waals surface area contributed by atoms with Gasteiger partial charge in [0.1, 0.15) is 0 Å². The molecule has 6 nitrogen and oxygen atoms in total. The van der Waals surface area contributed by atoms with Crippen LogP contribution in [0.15, 0.2) is 18.5 Å². The molecular weight excluding hydrogens is 294 g/mol. The highest BCUT2D eigenvalue weighted by Crippen LogP contribution is 2.41. The van der Waals surface area contributed by atoms with Crippen molar-refractivity contribution >= 4 is 0 Å². The highest BCUT2D eigenvalue weighted by Gasteiger charge is 2.42. The number of rotatable bonds is 3. The molecule has 2 saturated heterocycles. The number of ether oxygens (including phenoxy) is 2. The summed E-state index contributed by atoms with van der Waals surface area (Å²) in [5, 5.41) is 14.9. The minimum Gasteiger partial charge on any atom is -0.391 e. The molecule has 0 aromatic carbocycles. The molecule has 1 N–H and O–H groups in total. The van der Waals surface area contributed by atoms with E-state index >= 15 is 0 Å². The van der Waals surface area contributed by atoms with E-state index in [1.807, 2.05) is 16.9 Å². The molecule has 6 heteroatoms. The zero-order valence-corrected chi connectivity index (χ0v) is 13.6. The molecule has 3 aliphatic rings. The molecule has 0 spiro atoms. The second kappa shape index (κ2) is 6.89. The lowest BCUT2D eigenvalue weighted by Gasteiger charge is -2.35. The summed E-state index contributed by atoms with van der Waals surface area (Å²) in [6.45, 7) is 6.35. The highest BCUT2D eigenvalue weighted by molar-refractivity contribution is 4.96. The van der Waals surface area contributed by atoms with Crippen LogP contribution in [0.2, 0.25) is 0 Å². The zero-order chi connectivity index (χ0) is 15.6. The van der Waals surface area contributed by atoms with Crippen molar-refractivity contribution in [3.63, 3.8) is 0 Å². The number of nitrogens with zero attached hydrogens (tertiary/aromatic N) is 3. The number of aliphatic hydroxyl groups is 1. The van der Waals surface area contributed by atoms with Gasteiger partial charge < -0.3 is 19.5 Å². The Labute approximate surface area is 137 Å². The predicted molar refractivity (Wildman–Crippen MR) is 85.1 cm³/mol. The fraction of sp³-hybridized carbons (Fsp3) is 0.824. The van der Waals surface area contributed by atoms with Gasteiger partial charge in [-0.05, 0) is 30.7 Å². The minimum absolute atomic E-state index is 0.135. The quantitative estimate of drug-likeness (QED) is 0.892. The third-order valence-electron chi connectivity index (χ3n) is 5.64. The number of fused-ring (bicyclic) bond motifs is 1. The summed E-state index contributed by atoms with van der Waals surface area (Å²) < 4.78 is 13.2. The smallest absolute Gasteiger partial charge is 0.0781 e. The van der Waals surface area contributed by atoms with Crippen LogP contribution in [0.4, 0.5) is 0 Å². The van der Waals surface area contributed by atoms with Crippen LogP contribution >= 0.6 is 0 Å². The van der Waals surface area contributed by atoms with E-state index in [0.29, 0.717) is 17.8 Å². The van der Waals surface area contributed by atoms with Crippen molar-refractivity contribution in [1.82, 2.24) is 14.7 Å². The Morgan fingerprint density at radius 3 is 2.52 bits per heavy atom. The molecule has 4 atom stereocenters. The SMILES string of the molecule is O[C@@H]1C[C@H]2CN(CC3COCCOC3)C[C@H]2C[C@H]1n1cccn1. The summed E-state index contributed by atoms with van der Waals surface area (Å²) in [6.07, 6.45) is 5.42. The maximum atomic E-state index is 10.5. The Kier molecular flexibility index (Phi) is 4.66. The lowest BCUT2D eigenvalue weighted by molar-refractivity contribution is 0.0306. The average molecular weight is 321 g/mol. The summed E-state index contributed by atoms with van der Waals surface area (Å²) in [6, 6.07) is 2.07. The molecule has 0 amide bonds. The number of aromatic nitrogens is 2. The van der Waals surface area contributed by atoms with Crippen molar-refractivity contribution in [3.05, 3.63) is 18.5 Å². The Bertz CT molecular complexity index is 487. The normalized spacial score (nSPS) is 36.7. The van der Waals surface area contributed by atoms with Gasteiger partial charge in [0.15, 0.2) is 0 Å². The van der Waals surface area contributed by atoms with Gasteiger partial charge in [-0.2, -0.15) is 5.10 Å². The van der Waals surface area contributed by atoms with E-state index in [0.717, 1.165) is 58.9 Å². The minimum atomic E-state index is -0.277. The predicted octanol–water partition coefficient (Wildman–Crippen LogP) is 0.790. The van der Waals surface area contributed by atoms with Crippen molar-refractivity contribution in [2.45, 2.75) is 25.0 Å². The van der Waals surface area contributed by atoms with Crippen molar-refractivity contribution in [2.24, 2.45) is 17.8 Å². The Morgan fingerprint density at radius 2 is 1.83 bits per heavy atom. The Hall–Kier alpha value is -0.950. The molecule has 1 saturated carbocycles. The van der Waals surface area contributed by atoms with Crippen LogP contribution < -0.4 is 0 Å². The van der Waals surface area contributed by atoms with Crippen LogP contribution in [-0.2, 0) is 9.47 Å². The molecule has 0 bridgehead atoms. The molecule has 0 unspecified atom stereocenters. The van der Waals surface area contributed by atoms with Gasteiger partial charge in [0.05, 0.1) is 38.6 Å². The molecule has 0 radical (unpaired) electrons. The molecule has 2 aliphatic heterocycles. The fourth-order valence-electron chi connectivity index (χ4n) is 4.55. The second-order valence-electron chi connectivity index (χ2n) is 7.35. The summed E-state index contributed by atoms with van der Waals surface area (Å²) in [5.74, 6) is 1.76. The van der Waals surface area contributed by atoms with E-state index < -0.39 is 0 Å². The van der Waals surface area contributed by atoms with Crippen LogP contribution in [0, 0.1) is 17.8 Å². The zero-order valence-electron chi connectivity index (χ0n) is 13.6. The molecule has 23 heavy (non-hydrogen) atoms. The summed E-state index contributed by atoms with van der Waals surface area (Å²) in [5.41, 5.74) is 0. The first kappa shape index (κ1) is 15.6. The van der Waals surface area contributed by atoms with Crippen molar-refractivity contribution < 1.29 is 14.6 Å². The van der Waals surface area contributed by atoms with Crippen LogP contribution in [0.1, 0.15) is 18.9 Å². The molecule has 3 heterocycles. The first-order chi connectivity index (χ1) is 11.3. The number of hydrogen-bond donors (Lipinski definition) is 1. The first-order valence-corrected chi connectivity index (χ1v) is 8.84. The van der Waals surface area contributed by atoms with Gasteiger partial charge in [-0.25, -0.2) is 0 Å². The van der Waals surface area contributed by atoms with E-state index in [1.54, 1.807) is 6.20 Å². The maximum Gasteiger partial charge on any atom is 0.0781 e. The van der Waals surface area contributed by atoms with Crippen LogP contribution in [-0.4, -0.2) is 72.0 Å². The van der Waals surface area contributed by atoms with E-state index in [1.165, 1.54) is 0 Å². The van der Waals surface area contributed by atoms with Gasteiger partial charge in [-0.3, -0.25) is 4.68 Å². The van der Waals surface area contributed by atoms with Crippen LogP contribution in [0.3, 0.4) is 0 Å². The third kappa shape index (κ3) is 3.45. The van der Waals surface area contributed by atoms with E-state index in [9.17, 15) is 5.11 Å². The first-order valence-electron chi connectivity index (χ1n) is 8.84. The second-order valence-corrected chi connectivity index (χ2v) is 7.35. The molecule has 1 aromatic rings. The van der Waals surface area contributed by atoms with Crippen molar-refractivity contribution in [3.8, 4) is 0 Å². The van der Waals surface area contributed by atoms with E-state index in [2.05, 4.69) is 10.00 Å². The summed E-state index contributed by atoms with van der Waals surface area (Å²) in [7, 11) is 0. The lowest BCUT2D eigenvalue weighted by Crippen LogP contribution is -2.36. The molecule has 4 rings (SSSR count). The topological polar surface area (TPSA) is 59.8 Å². The summed E-state index contributed by atoms with van der Waals surface area (Å²) >= 11 is 0. The number of aliphatic hydroxyl groups excluding tert-OH is 1. The van der Waals surface area contributed by atoms with Crippen molar-refractivity contribution in [1.29, 1.82) is 0 Å². The van der Waals surface area contributed by atoms with E-state index in [-0.39, 0.29) is 12.1 Å². The van der Waals surface area contributed by atoms with Crippen LogP contribution in [0.5, 0.6) is 0 Å². The number of likely N-dealkylation sites (tertiary alicyclic amines) is 1.